The third kappa shape index (κ3) is 3.91. The van der Waals surface area contributed by atoms with Crippen LogP contribution in [0, 0.1) is 0 Å². The average Bonchev–Trinajstić information content (AvgIpc) is 2.96. The van der Waals surface area contributed by atoms with Gasteiger partial charge < -0.3 is 4.52 Å². The van der Waals surface area contributed by atoms with E-state index in [1.165, 1.54) is 6.20 Å². The molecule has 118 valence electrons. The number of benzene rings is 2. The lowest BCUT2D eigenvalue weighted by Gasteiger charge is -2.07. The maximum Gasteiger partial charge on any atom is 0.245 e. The van der Waals surface area contributed by atoms with Crippen molar-refractivity contribution >= 4 is 27.5 Å². The van der Waals surface area contributed by atoms with Crippen molar-refractivity contribution in [2.75, 3.05) is 4.72 Å². The number of hydrogen-bond donors (Lipinski definition) is 1. The van der Waals surface area contributed by atoms with Gasteiger partial charge in [0.25, 0.3) is 0 Å². The molecule has 3 rings (SSSR count). The van der Waals surface area contributed by atoms with Crippen LogP contribution in [0.15, 0.2) is 65.3 Å². The van der Waals surface area contributed by atoms with Gasteiger partial charge in [0.1, 0.15) is 0 Å². The Labute approximate surface area is 138 Å². The zero-order valence-electron chi connectivity index (χ0n) is 11.9. The van der Waals surface area contributed by atoms with Crippen molar-refractivity contribution in [3.63, 3.8) is 0 Å². The minimum absolute atomic E-state index is 0.0863. The topological polar surface area (TPSA) is 72.2 Å². The van der Waals surface area contributed by atoms with Gasteiger partial charge in [-0.05, 0) is 23.3 Å². The summed E-state index contributed by atoms with van der Waals surface area (Å²) in [7, 11) is -3.61. The second-order valence-electron chi connectivity index (χ2n) is 4.92. The highest BCUT2D eigenvalue weighted by molar-refractivity contribution is 7.91. The van der Waals surface area contributed by atoms with E-state index in [0.29, 0.717) is 16.1 Å². The monoisotopic (exact) mass is 348 g/mol. The predicted octanol–water partition coefficient (Wildman–Crippen LogP) is 3.94. The molecule has 5 nitrogen and oxygen atoms in total. The fourth-order valence-electron chi connectivity index (χ4n) is 2.12. The highest BCUT2D eigenvalue weighted by atomic mass is 35.5. The van der Waals surface area contributed by atoms with Gasteiger partial charge in [-0.1, -0.05) is 59.2 Å². The Morgan fingerprint density at radius 3 is 2.43 bits per heavy atom. The number of nitrogens with zero attached hydrogens (tertiary/aromatic N) is 1. The summed E-state index contributed by atoms with van der Waals surface area (Å²) in [4.78, 5) is 0. The Morgan fingerprint density at radius 1 is 1.04 bits per heavy atom. The Balaban J connectivity index is 1.83. The van der Waals surface area contributed by atoms with Crippen molar-refractivity contribution in [1.82, 2.24) is 5.16 Å². The summed E-state index contributed by atoms with van der Waals surface area (Å²) in [6.07, 6.45) is 1.46. The molecule has 7 heteroatoms. The molecule has 0 aliphatic heterocycles. The number of anilines is 1. The van der Waals surface area contributed by atoms with Crippen LogP contribution in [0.1, 0.15) is 5.56 Å². The van der Waals surface area contributed by atoms with Crippen LogP contribution in [0.4, 0.5) is 5.88 Å². The molecule has 0 radical (unpaired) electrons. The summed E-state index contributed by atoms with van der Waals surface area (Å²) < 4.78 is 32.1. The number of aromatic nitrogens is 1. The van der Waals surface area contributed by atoms with Gasteiger partial charge in [0.05, 0.1) is 17.5 Å². The fourth-order valence-corrected chi connectivity index (χ4v) is 3.38. The molecule has 0 amide bonds. The quantitative estimate of drug-likeness (QED) is 0.758. The highest BCUT2D eigenvalue weighted by Gasteiger charge is 2.18. The highest BCUT2D eigenvalue weighted by Crippen LogP contribution is 2.29. The van der Waals surface area contributed by atoms with E-state index < -0.39 is 10.0 Å². The molecule has 1 aromatic heterocycles. The third-order valence-electron chi connectivity index (χ3n) is 3.17. The Hall–Kier alpha value is -2.31. The molecule has 0 atom stereocenters. The van der Waals surface area contributed by atoms with Crippen molar-refractivity contribution in [2.24, 2.45) is 0 Å². The van der Waals surface area contributed by atoms with Crippen molar-refractivity contribution in [2.45, 2.75) is 5.75 Å². The Morgan fingerprint density at radius 2 is 1.74 bits per heavy atom. The summed E-state index contributed by atoms with van der Waals surface area (Å²) in [5.41, 5.74) is 2.00. The van der Waals surface area contributed by atoms with Crippen molar-refractivity contribution < 1.29 is 12.9 Å². The molecule has 1 N–H and O–H groups in total. The predicted molar refractivity (Wildman–Crippen MR) is 89.6 cm³/mol. The van der Waals surface area contributed by atoms with Crippen molar-refractivity contribution in [3.05, 3.63) is 71.4 Å². The smallest absolute Gasteiger partial charge is 0.245 e. The second-order valence-corrected chi connectivity index (χ2v) is 7.08. The normalized spacial score (nSPS) is 11.3. The first kappa shape index (κ1) is 15.6. The van der Waals surface area contributed by atoms with Gasteiger partial charge >= 0.3 is 0 Å². The standard InChI is InChI=1S/C16H13ClN2O3S/c17-14-8-6-13(7-9-14)15-10-18-22-16(15)19-23(20,21)11-12-4-2-1-3-5-12/h1-10,19H,11H2. The molecular weight excluding hydrogens is 336 g/mol. The molecule has 0 aliphatic rings. The van der Waals surface area contributed by atoms with Crippen LogP contribution < -0.4 is 4.72 Å². The second kappa shape index (κ2) is 6.44. The minimum atomic E-state index is -3.61. The minimum Gasteiger partial charge on any atom is -0.337 e. The first-order valence-electron chi connectivity index (χ1n) is 6.78. The van der Waals surface area contributed by atoms with E-state index in [1.807, 2.05) is 6.07 Å². The van der Waals surface area contributed by atoms with Crippen LogP contribution in [-0.4, -0.2) is 13.6 Å². The molecule has 23 heavy (non-hydrogen) atoms. The van der Waals surface area contributed by atoms with Gasteiger partial charge in [0, 0.05) is 5.02 Å². The molecular formula is C16H13ClN2O3S. The molecule has 0 saturated carbocycles. The van der Waals surface area contributed by atoms with Crippen LogP contribution in [0.5, 0.6) is 0 Å². The third-order valence-corrected chi connectivity index (χ3v) is 4.64. The lowest BCUT2D eigenvalue weighted by atomic mass is 10.1. The van der Waals surface area contributed by atoms with Crippen molar-refractivity contribution in [1.29, 1.82) is 0 Å². The average molecular weight is 349 g/mol. The number of nitrogens with one attached hydrogen (secondary N) is 1. The maximum atomic E-state index is 12.3. The Kier molecular flexibility index (Phi) is 4.36. The van der Waals surface area contributed by atoms with Crippen LogP contribution in [-0.2, 0) is 15.8 Å². The lowest BCUT2D eigenvalue weighted by molar-refractivity contribution is 0.435. The zero-order chi connectivity index (χ0) is 16.3. The number of rotatable bonds is 5. The van der Waals surface area contributed by atoms with E-state index in [2.05, 4.69) is 9.88 Å². The zero-order valence-corrected chi connectivity index (χ0v) is 13.5. The molecule has 0 unspecified atom stereocenters. The molecule has 0 saturated heterocycles. The number of halogens is 1. The van der Waals surface area contributed by atoms with Crippen LogP contribution >= 0.6 is 11.6 Å². The Bertz CT molecular complexity index is 891. The summed E-state index contributed by atoms with van der Waals surface area (Å²) in [5.74, 6) is -0.0579. The number of hydrogen-bond acceptors (Lipinski definition) is 4. The van der Waals surface area contributed by atoms with Gasteiger partial charge in [0.2, 0.25) is 15.9 Å². The van der Waals surface area contributed by atoms with Crippen LogP contribution in [0.2, 0.25) is 5.02 Å². The molecule has 3 aromatic rings. The molecule has 1 heterocycles. The molecule has 0 spiro atoms. The van der Waals surface area contributed by atoms with Gasteiger partial charge in [-0.2, -0.15) is 0 Å². The summed E-state index contributed by atoms with van der Waals surface area (Å²) in [6, 6.07) is 15.9. The molecule has 2 aromatic carbocycles. The molecule has 0 bridgehead atoms. The molecule has 0 aliphatic carbocycles. The summed E-state index contributed by atoms with van der Waals surface area (Å²) >= 11 is 5.86. The van der Waals surface area contributed by atoms with E-state index in [1.54, 1.807) is 48.5 Å². The van der Waals surface area contributed by atoms with E-state index >= 15 is 0 Å². The summed E-state index contributed by atoms with van der Waals surface area (Å²) in [5, 5.41) is 4.27. The van der Waals surface area contributed by atoms with Crippen LogP contribution in [0.3, 0.4) is 0 Å². The lowest BCUT2D eigenvalue weighted by Crippen LogP contribution is -2.15. The fraction of sp³-hybridized carbons (Fsp3) is 0.0625. The van der Waals surface area contributed by atoms with E-state index in [0.717, 1.165) is 5.56 Å². The van der Waals surface area contributed by atoms with E-state index in [4.69, 9.17) is 16.1 Å². The van der Waals surface area contributed by atoms with E-state index in [9.17, 15) is 8.42 Å². The number of sulfonamides is 1. The van der Waals surface area contributed by atoms with Gasteiger partial charge in [-0.3, -0.25) is 4.72 Å². The molecule has 0 fully saturated rings. The van der Waals surface area contributed by atoms with E-state index in [-0.39, 0.29) is 11.6 Å². The van der Waals surface area contributed by atoms with Gasteiger partial charge in [0.15, 0.2) is 0 Å². The summed E-state index contributed by atoms with van der Waals surface area (Å²) in [6.45, 7) is 0. The first-order valence-corrected chi connectivity index (χ1v) is 8.81. The first-order chi connectivity index (χ1) is 11.0. The van der Waals surface area contributed by atoms with Gasteiger partial charge in [-0.25, -0.2) is 8.42 Å². The largest absolute Gasteiger partial charge is 0.337 e. The van der Waals surface area contributed by atoms with Gasteiger partial charge in [-0.15, -0.1) is 0 Å². The SMILES string of the molecule is O=S(=O)(Cc1ccccc1)Nc1oncc1-c1ccc(Cl)cc1. The van der Waals surface area contributed by atoms with Crippen molar-refractivity contribution in [3.8, 4) is 11.1 Å². The van der Waals surface area contributed by atoms with Crippen LogP contribution in [0.25, 0.3) is 11.1 Å². The maximum absolute atomic E-state index is 12.3.